The van der Waals surface area contributed by atoms with E-state index in [1.54, 1.807) is 0 Å². The van der Waals surface area contributed by atoms with Crippen LogP contribution in [0.25, 0.3) is 0 Å². The SMILES string of the molecule is CC(C)CC(=O)N1CCN2c3ccccc3CC2C1. The molecule has 3 nitrogen and oxygen atoms in total. The summed E-state index contributed by atoms with van der Waals surface area (Å²) in [5, 5.41) is 0. The van der Waals surface area contributed by atoms with Gasteiger partial charge in [-0.25, -0.2) is 0 Å². The first-order valence-electron chi connectivity index (χ1n) is 7.27. The summed E-state index contributed by atoms with van der Waals surface area (Å²) < 4.78 is 0. The Hall–Kier alpha value is -1.51. The summed E-state index contributed by atoms with van der Waals surface area (Å²) in [5.74, 6) is 0.775. The van der Waals surface area contributed by atoms with Crippen molar-refractivity contribution in [1.29, 1.82) is 0 Å². The van der Waals surface area contributed by atoms with E-state index in [2.05, 4.69) is 47.9 Å². The Bertz CT molecular complexity index is 483. The fraction of sp³-hybridized carbons (Fsp3) is 0.562. The van der Waals surface area contributed by atoms with Gasteiger partial charge >= 0.3 is 0 Å². The zero-order valence-corrected chi connectivity index (χ0v) is 11.8. The van der Waals surface area contributed by atoms with Crippen LogP contribution < -0.4 is 4.90 Å². The van der Waals surface area contributed by atoms with Crippen LogP contribution in [0.5, 0.6) is 0 Å². The Morgan fingerprint density at radius 2 is 2.11 bits per heavy atom. The van der Waals surface area contributed by atoms with Gasteiger partial charge < -0.3 is 9.80 Å². The van der Waals surface area contributed by atoms with Crippen LogP contribution in [0.2, 0.25) is 0 Å². The number of fused-ring (bicyclic) bond motifs is 3. The number of amides is 1. The second-order valence-electron chi connectivity index (χ2n) is 6.12. The summed E-state index contributed by atoms with van der Waals surface area (Å²) in [6.07, 6.45) is 1.77. The number of nitrogens with zero attached hydrogens (tertiary/aromatic N) is 2. The van der Waals surface area contributed by atoms with Crippen molar-refractivity contribution in [3.8, 4) is 0 Å². The molecule has 2 heterocycles. The molecule has 1 amide bonds. The zero-order valence-electron chi connectivity index (χ0n) is 11.8. The molecule has 1 fully saturated rings. The molecule has 1 saturated heterocycles. The number of hydrogen-bond donors (Lipinski definition) is 0. The maximum atomic E-state index is 12.2. The average molecular weight is 258 g/mol. The number of para-hydroxylation sites is 1. The molecule has 2 aliphatic rings. The molecule has 1 aromatic carbocycles. The van der Waals surface area contributed by atoms with E-state index in [0.717, 1.165) is 26.1 Å². The summed E-state index contributed by atoms with van der Waals surface area (Å²) in [6.45, 7) is 6.96. The van der Waals surface area contributed by atoms with E-state index in [4.69, 9.17) is 0 Å². The van der Waals surface area contributed by atoms with Crippen LogP contribution in [-0.4, -0.2) is 36.5 Å². The molecule has 0 radical (unpaired) electrons. The third kappa shape index (κ3) is 2.34. The third-order valence-corrected chi connectivity index (χ3v) is 4.17. The highest BCUT2D eigenvalue weighted by atomic mass is 16.2. The molecule has 3 rings (SSSR count). The quantitative estimate of drug-likeness (QED) is 0.812. The lowest BCUT2D eigenvalue weighted by atomic mass is 10.1. The van der Waals surface area contributed by atoms with Crippen LogP contribution in [0.1, 0.15) is 25.8 Å². The van der Waals surface area contributed by atoms with E-state index in [9.17, 15) is 4.79 Å². The van der Waals surface area contributed by atoms with E-state index in [0.29, 0.717) is 24.3 Å². The van der Waals surface area contributed by atoms with Gasteiger partial charge in [0.05, 0.1) is 6.04 Å². The monoisotopic (exact) mass is 258 g/mol. The second-order valence-corrected chi connectivity index (χ2v) is 6.12. The van der Waals surface area contributed by atoms with Gasteiger partial charge in [0.25, 0.3) is 0 Å². The van der Waals surface area contributed by atoms with Crippen LogP contribution in [0, 0.1) is 5.92 Å². The smallest absolute Gasteiger partial charge is 0.222 e. The Kier molecular flexibility index (Phi) is 3.21. The summed E-state index contributed by atoms with van der Waals surface area (Å²) in [7, 11) is 0. The summed E-state index contributed by atoms with van der Waals surface area (Å²) >= 11 is 0. The summed E-state index contributed by atoms with van der Waals surface area (Å²) in [4.78, 5) is 16.7. The van der Waals surface area contributed by atoms with Gasteiger partial charge in [-0.05, 0) is 24.0 Å². The fourth-order valence-electron chi connectivity index (χ4n) is 3.27. The molecule has 0 bridgehead atoms. The lowest BCUT2D eigenvalue weighted by Gasteiger charge is -2.39. The van der Waals surface area contributed by atoms with Gasteiger partial charge in [0.1, 0.15) is 0 Å². The molecule has 0 aliphatic carbocycles. The predicted molar refractivity (Wildman–Crippen MR) is 77.3 cm³/mol. The van der Waals surface area contributed by atoms with Crippen molar-refractivity contribution in [1.82, 2.24) is 4.90 Å². The lowest BCUT2D eigenvalue weighted by Crippen LogP contribution is -2.53. The number of piperazine rings is 1. The minimum Gasteiger partial charge on any atom is -0.364 e. The Morgan fingerprint density at radius 3 is 2.89 bits per heavy atom. The van der Waals surface area contributed by atoms with Gasteiger partial charge in [0.2, 0.25) is 5.91 Å². The first-order chi connectivity index (χ1) is 9.15. The van der Waals surface area contributed by atoms with Crippen molar-refractivity contribution in [3.05, 3.63) is 29.8 Å². The van der Waals surface area contributed by atoms with E-state index >= 15 is 0 Å². The number of benzene rings is 1. The summed E-state index contributed by atoms with van der Waals surface area (Å²) in [6, 6.07) is 9.13. The van der Waals surface area contributed by atoms with E-state index < -0.39 is 0 Å². The standard InChI is InChI=1S/C16H22N2O/c1-12(2)9-16(19)17-7-8-18-14(11-17)10-13-5-3-4-6-15(13)18/h3-6,12,14H,7-11H2,1-2H3. The van der Waals surface area contributed by atoms with Crippen molar-refractivity contribution in [2.45, 2.75) is 32.7 Å². The normalized spacial score (nSPS) is 21.5. The van der Waals surface area contributed by atoms with Gasteiger partial charge in [-0.1, -0.05) is 32.0 Å². The topological polar surface area (TPSA) is 23.6 Å². The van der Waals surface area contributed by atoms with Gasteiger partial charge in [-0.2, -0.15) is 0 Å². The molecule has 0 saturated carbocycles. The highest BCUT2D eigenvalue weighted by Crippen LogP contribution is 2.33. The average Bonchev–Trinajstić information content (AvgIpc) is 2.75. The summed E-state index contributed by atoms with van der Waals surface area (Å²) in [5.41, 5.74) is 2.81. The second kappa shape index (κ2) is 4.87. The minimum atomic E-state index is 0.325. The molecule has 2 aliphatic heterocycles. The molecule has 19 heavy (non-hydrogen) atoms. The van der Waals surface area contributed by atoms with Crippen LogP contribution in [0.4, 0.5) is 5.69 Å². The van der Waals surface area contributed by atoms with Crippen molar-refractivity contribution in [2.24, 2.45) is 5.92 Å². The number of hydrogen-bond acceptors (Lipinski definition) is 2. The Morgan fingerprint density at radius 1 is 1.32 bits per heavy atom. The Balaban J connectivity index is 1.70. The molecule has 102 valence electrons. The largest absolute Gasteiger partial charge is 0.364 e. The van der Waals surface area contributed by atoms with Crippen LogP contribution in [0.3, 0.4) is 0 Å². The first-order valence-corrected chi connectivity index (χ1v) is 7.27. The highest BCUT2D eigenvalue weighted by Gasteiger charge is 2.35. The maximum absolute atomic E-state index is 12.2. The molecule has 0 spiro atoms. The van der Waals surface area contributed by atoms with Crippen LogP contribution >= 0.6 is 0 Å². The minimum absolute atomic E-state index is 0.325. The van der Waals surface area contributed by atoms with Crippen LogP contribution in [-0.2, 0) is 11.2 Å². The van der Waals surface area contributed by atoms with Gasteiger partial charge in [0.15, 0.2) is 0 Å². The number of carbonyl (C=O) groups excluding carboxylic acids is 1. The highest BCUT2D eigenvalue weighted by molar-refractivity contribution is 5.77. The molecule has 0 N–H and O–H groups in total. The van der Waals surface area contributed by atoms with Crippen LogP contribution in [0.15, 0.2) is 24.3 Å². The number of rotatable bonds is 2. The number of anilines is 1. The molecule has 1 aromatic rings. The Labute approximate surface area is 115 Å². The van der Waals surface area contributed by atoms with E-state index in [1.165, 1.54) is 11.3 Å². The predicted octanol–water partition coefficient (Wildman–Crippen LogP) is 2.31. The fourth-order valence-corrected chi connectivity index (χ4v) is 3.27. The maximum Gasteiger partial charge on any atom is 0.222 e. The third-order valence-electron chi connectivity index (χ3n) is 4.17. The lowest BCUT2D eigenvalue weighted by molar-refractivity contribution is -0.132. The van der Waals surface area contributed by atoms with Crippen molar-refractivity contribution in [3.63, 3.8) is 0 Å². The van der Waals surface area contributed by atoms with Gasteiger partial charge in [0, 0.05) is 31.7 Å². The zero-order chi connectivity index (χ0) is 13.4. The number of carbonyl (C=O) groups is 1. The van der Waals surface area contributed by atoms with Crippen molar-refractivity contribution < 1.29 is 4.79 Å². The molecule has 0 aromatic heterocycles. The van der Waals surface area contributed by atoms with Crippen molar-refractivity contribution >= 4 is 11.6 Å². The van der Waals surface area contributed by atoms with E-state index in [-0.39, 0.29) is 0 Å². The van der Waals surface area contributed by atoms with Gasteiger partial charge in [-0.3, -0.25) is 4.79 Å². The molecule has 3 heteroatoms. The molecular weight excluding hydrogens is 236 g/mol. The first kappa shape index (κ1) is 12.5. The molecule has 1 atom stereocenters. The van der Waals surface area contributed by atoms with Gasteiger partial charge in [-0.15, -0.1) is 0 Å². The van der Waals surface area contributed by atoms with E-state index in [1.807, 2.05) is 0 Å². The molecular formula is C16H22N2O. The molecule has 1 unspecified atom stereocenters. The van der Waals surface area contributed by atoms with Crippen molar-refractivity contribution in [2.75, 3.05) is 24.5 Å².